The second-order valence-corrected chi connectivity index (χ2v) is 6.75. The Morgan fingerprint density at radius 2 is 1.57 bits per heavy atom. The van der Waals surface area contributed by atoms with E-state index in [1.807, 2.05) is 18.2 Å². The number of unbranched alkanes of at least 4 members (excludes halogenated alkanes) is 2. The standard InChI is InChI=1S/C17H21NO2S/c1-2-3-5-8-15-11-13-17(14-12-15)21(19,20)18-16-9-6-4-7-10-16/h4,6-7,9-14,18H,2-3,5,8H2,1H3. The Morgan fingerprint density at radius 1 is 0.905 bits per heavy atom. The molecular formula is C17H21NO2S. The van der Waals surface area contributed by atoms with Crippen molar-refractivity contribution in [3.8, 4) is 0 Å². The summed E-state index contributed by atoms with van der Waals surface area (Å²) in [4.78, 5) is 0.297. The molecule has 2 aromatic carbocycles. The highest BCUT2D eigenvalue weighted by Gasteiger charge is 2.13. The third kappa shape index (κ3) is 4.60. The van der Waals surface area contributed by atoms with Crippen molar-refractivity contribution in [3.05, 3.63) is 60.2 Å². The van der Waals surface area contributed by atoms with Crippen LogP contribution in [-0.4, -0.2) is 8.42 Å². The SMILES string of the molecule is CCCCCc1ccc(S(=O)(=O)Nc2ccccc2)cc1. The van der Waals surface area contributed by atoms with Gasteiger partial charge in [-0.3, -0.25) is 4.72 Å². The van der Waals surface area contributed by atoms with Gasteiger partial charge < -0.3 is 0 Å². The van der Waals surface area contributed by atoms with Crippen molar-refractivity contribution in [2.75, 3.05) is 4.72 Å². The van der Waals surface area contributed by atoms with Crippen molar-refractivity contribution < 1.29 is 8.42 Å². The van der Waals surface area contributed by atoms with Gasteiger partial charge in [0.15, 0.2) is 0 Å². The summed E-state index contributed by atoms with van der Waals surface area (Å²) in [6.45, 7) is 2.17. The van der Waals surface area contributed by atoms with Gasteiger partial charge >= 0.3 is 0 Å². The van der Waals surface area contributed by atoms with Crippen LogP contribution in [0.2, 0.25) is 0 Å². The molecule has 0 fully saturated rings. The first-order valence-corrected chi connectivity index (χ1v) is 8.77. The topological polar surface area (TPSA) is 46.2 Å². The first kappa shape index (κ1) is 15.6. The summed E-state index contributed by atoms with van der Waals surface area (Å²) >= 11 is 0. The molecule has 0 aromatic heterocycles. The third-order valence-electron chi connectivity index (χ3n) is 3.33. The van der Waals surface area contributed by atoms with E-state index in [4.69, 9.17) is 0 Å². The van der Waals surface area contributed by atoms with Gasteiger partial charge in [-0.25, -0.2) is 8.42 Å². The van der Waals surface area contributed by atoms with Gasteiger partial charge in [0.2, 0.25) is 0 Å². The van der Waals surface area contributed by atoms with Crippen LogP contribution in [0.1, 0.15) is 31.7 Å². The minimum Gasteiger partial charge on any atom is -0.280 e. The van der Waals surface area contributed by atoms with E-state index in [1.54, 1.807) is 36.4 Å². The van der Waals surface area contributed by atoms with Crippen LogP contribution in [0.3, 0.4) is 0 Å². The second kappa shape index (κ2) is 7.27. The summed E-state index contributed by atoms with van der Waals surface area (Å²) in [6.07, 6.45) is 4.54. The molecule has 0 saturated carbocycles. The molecule has 21 heavy (non-hydrogen) atoms. The molecule has 0 bridgehead atoms. The molecule has 0 atom stereocenters. The van der Waals surface area contributed by atoms with Crippen molar-refractivity contribution in [1.29, 1.82) is 0 Å². The van der Waals surface area contributed by atoms with Gasteiger partial charge in [-0.05, 0) is 42.7 Å². The Kier molecular flexibility index (Phi) is 5.39. The van der Waals surface area contributed by atoms with Gasteiger partial charge in [0, 0.05) is 5.69 Å². The molecular weight excluding hydrogens is 282 g/mol. The number of benzene rings is 2. The number of aryl methyl sites for hydroxylation is 1. The number of rotatable bonds is 7. The minimum atomic E-state index is -3.51. The smallest absolute Gasteiger partial charge is 0.261 e. The van der Waals surface area contributed by atoms with E-state index < -0.39 is 10.0 Å². The first-order chi connectivity index (χ1) is 10.1. The summed E-state index contributed by atoms with van der Waals surface area (Å²) in [5.41, 5.74) is 1.76. The highest BCUT2D eigenvalue weighted by molar-refractivity contribution is 7.92. The van der Waals surface area contributed by atoms with Crippen LogP contribution < -0.4 is 4.72 Å². The maximum atomic E-state index is 12.3. The van der Waals surface area contributed by atoms with Crippen LogP contribution in [0.5, 0.6) is 0 Å². The Hall–Kier alpha value is -1.81. The van der Waals surface area contributed by atoms with Gasteiger partial charge in [0.25, 0.3) is 10.0 Å². The zero-order chi connectivity index (χ0) is 15.1. The van der Waals surface area contributed by atoms with E-state index in [0.717, 1.165) is 12.8 Å². The van der Waals surface area contributed by atoms with E-state index in [9.17, 15) is 8.42 Å². The molecule has 0 aliphatic heterocycles. The molecule has 2 rings (SSSR count). The van der Waals surface area contributed by atoms with Crippen LogP contribution in [0.15, 0.2) is 59.5 Å². The Balaban J connectivity index is 2.06. The van der Waals surface area contributed by atoms with Crippen molar-refractivity contribution in [1.82, 2.24) is 0 Å². The monoisotopic (exact) mass is 303 g/mol. The molecule has 112 valence electrons. The number of sulfonamides is 1. The molecule has 0 heterocycles. The van der Waals surface area contributed by atoms with E-state index in [1.165, 1.54) is 18.4 Å². The van der Waals surface area contributed by atoms with Crippen molar-refractivity contribution in [3.63, 3.8) is 0 Å². The summed E-state index contributed by atoms with van der Waals surface area (Å²) in [5.74, 6) is 0. The zero-order valence-electron chi connectivity index (χ0n) is 12.2. The minimum absolute atomic E-state index is 0.297. The van der Waals surface area contributed by atoms with Crippen LogP contribution in [-0.2, 0) is 16.4 Å². The second-order valence-electron chi connectivity index (χ2n) is 5.07. The van der Waals surface area contributed by atoms with Crippen LogP contribution in [0, 0.1) is 0 Å². The predicted molar refractivity (Wildman–Crippen MR) is 86.9 cm³/mol. The predicted octanol–water partition coefficient (Wildman–Crippen LogP) is 4.22. The average Bonchev–Trinajstić information content (AvgIpc) is 2.49. The highest BCUT2D eigenvalue weighted by atomic mass is 32.2. The molecule has 0 radical (unpaired) electrons. The lowest BCUT2D eigenvalue weighted by atomic mass is 10.1. The normalized spacial score (nSPS) is 11.3. The van der Waals surface area contributed by atoms with Gasteiger partial charge in [0.05, 0.1) is 4.90 Å². The van der Waals surface area contributed by atoms with Crippen molar-refractivity contribution in [2.45, 2.75) is 37.5 Å². The Bertz CT molecular complexity index is 649. The molecule has 0 saturated heterocycles. The van der Waals surface area contributed by atoms with Gasteiger partial charge in [-0.2, -0.15) is 0 Å². The third-order valence-corrected chi connectivity index (χ3v) is 4.73. The maximum Gasteiger partial charge on any atom is 0.261 e. The molecule has 0 spiro atoms. The van der Waals surface area contributed by atoms with Crippen LogP contribution >= 0.6 is 0 Å². The molecule has 4 heteroatoms. The fourth-order valence-electron chi connectivity index (χ4n) is 2.13. The summed E-state index contributed by atoms with van der Waals surface area (Å²) in [5, 5.41) is 0. The van der Waals surface area contributed by atoms with Crippen molar-refractivity contribution in [2.24, 2.45) is 0 Å². The summed E-state index contributed by atoms with van der Waals surface area (Å²) in [6, 6.07) is 16.1. The summed E-state index contributed by atoms with van der Waals surface area (Å²) < 4.78 is 27.1. The van der Waals surface area contributed by atoms with Gasteiger partial charge in [-0.15, -0.1) is 0 Å². The first-order valence-electron chi connectivity index (χ1n) is 7.28. The van der Waals surface area contributed by atoms with Gasteiger partial charge in [0.1, 0.15) is 0 Å². The number of anilines is 1. The lowest BCUT2D eigenvalue weighted by Crippen LogP contribution is -2.12. The molecule has 2 aromatic rings. The van der Waals surface area contributed by atoms with Crippen molar-refractivity contribution >= 4 is 15.7 Å². The molecule has 1 N–H and O–H groups in total. The Morgan fingerprint density at radius 3 is 2.19 bits per heavy atom. The molecule has 0 aliphatic rings. The molecule has 3 nitrogen and oxygen atoms in total. The van der Waals surface area contributed by atoms with Crippen LogP contribution in [0.4, 0.5) is 5.69 Å². The van der Waals surface area contributed by atoms with Gasteiger partial charge in [-0.1, -0.05) is 50.1 Å². The number of nitrogens with one attached hydrogen (secondary N) is 1. The molecule has 0 aliphatic carbocycles. The zero-order valence-corrected chi connectivity index (χ0v) is 13.1. The number of hydrogen-bond acceptors (Lipinski definition) is 2. The summed E-state index contributed by atoms with van der Waals surface area (Å²) in [7, 11) is -3.51. The number of para-hydroxylation sites is 1. The van der Waals surface area contributed by atoms with Crippen LogP contribution in [0.25, 0.3) is 0 Å². The number of hydrogen-bond donors (Lipinski definition) is 1. The lowest BCUT2D eigenvalue weighted by molar-refractivity contribution is 0.601. The fraction of sp³-hybridized carbons (Fsp3) is 0.294. The largest absolute Gasteiger partial charge is 0.280 e. The lowest BCUT2D eigenvalue weighted by Gasteiger charge is -2.08. The molecule has 0 unspecified atom stereocenters. The van der Waals surface area contributed by atoms with E-state index in [2.05, 4.69) is 11.6 Å². The Labute approximate surface area is 127 Å². The molecule has 0 amide bonds. The maximum absolute atomic E-state index is 12.3. The van der Waals surface area contributed by atoms with E-state index in [-0.39, 0.29) is 0 Å². The van der Waals surface area contributed by atoms with E-state index in [0.29, 0.717) is 10.6 Å². The quantitative estimate of drug-likeness (QED) is 0.778. The van der Waals surface area contributed by atoms with E-state index >= 15 is 0 Å². The fourth-order valence-corrected chi connectivity index (χ4v) is 3.19. The highest BCUT2D eigenvalue weighted by Crippen LogP contribution is 2.17. The average molecular weight is 303 g/mol.